The van der Waals surface area contributed by atoms with E-state index >= 15 is 0 Å². The Kier molecular flexibility index (Phi) is 12.9. The van der Waals surface area contributed by atoms with Crippen LogP contribution in [0.2, 0.25) is 0 Å². The molecule has 0 saturated heterocycles. The number of para-hydroxylation sites is 1. The zero-order valence-electron chi connectivity index (χ0n) is 11.9. The molecule has 1 heteroatoms. The van der Waals surface area contributed by atoms with E-state index in [1.165, 1.54) is 5.56 Å². The van der Waals surface area contributed by atoms with Crippen molar-refractivity contribution in [1.29, 1.82) is 0 Å². The van der Waals surface area contributed by atoms with Gasteiger partial charge in [0, 0.05) is 6.21 Å². The second-order valence-corrected chi connectivity index (χ2v) is 3.91. The molecule has 0 amide bonds. The number of aryl methyl sites for hydroxylation is 1. The molecule has 0 spiro atoms. The zero-order valence-corrected chi connectivity index (χ0v) is 11.9. The highest BCUT2D eigenvalue weighted by Gasteiger charge is 1.89. The van der Waals surface area contributed by atoms with Crippen LogP contribution < -0.4 is 0 Å². The van der Waals surface area contributed by atoms with Crippen molar-refractivity contribution < 1.29 is 0 Å². The largest absolute Gasteiger partial charge is 0.261 e. The van der Waals surface area contributed by atoms with E-state index in [1.807, 2.05) is 45.2 Å². The molecule has 1 nitrogen and oxygen atoms in total. The Morgan fingerprint density at radius 2 is 1.50 bits per heavy atom. The van der Waals surface area contributed by atoms with Gasteiger partial charge < -0.3 is 0 Å². The van der Waals surface area contributed by atoms with Crippen LogP contribution in [0.3, 0.4) is 0 Å². The maximum atomic E-state index is 4.18. The molecule has 16 heavy (non-hydrogen) atoms. The molecule has 0 saturated carbocycles. The number of rotatable bonds is 1. The van der Waals surface area contributed by atoms with E-state index in [2.05, 4.69) is 38.8 Å². The molecular formula is C15H27N. The molecule has 0 aliphatic heterocycles. The second-order valence-electron chi connectivity index (χ2n) is 3.91. The third-order valence-electron chi connectivity index (χ3n) is 1.38. The van der Waals surface area contributed by atoms with E-state index in [9.17, 15) is 0 Å². The number of nitrogens with zero attached hydrogens (tertiary/aromatic N) is 1. The van der Waals surface area contributed by atoms with E-state index in [-0.39, 0.29) is 0 Å². The van der Waals surface area contributed by atoms with Crippen molar-refractivity contribution in [2.45, 2.75) is 48.5 Å². The lowest BCUT2D eigenvalue weighted by molar-refractivity contribution is 0.737. The first-order valence-electron chi connectivity index (χ1n) is 6.12. The van der Waals surface area contributed by atoms with E-state index in [0.29, 0.717) is 0 Å². The Morgan fingerprint density at radius 3 is 1.88 bits per heavy atom. The van der Waals surface area contributed by atoms with Crippen molar-refractivity contribution in [3.63, 3.8) is 0 Å². The first kappa shape index (κ1) is 17.3. The molecule has 1 aromatic rings. The molecule has 0 atom stereocenters. The van der Waals surface area contributed by atoms with Crippen LogP contribution in [0, 0.1) is 12.8 Å². The Hall–Kier alpha value is -1.11. The zero-order chi connectivity index (χ0) is 13.0. The molecule has 0 radical (unpaired) electrons. The summed E-state index contributed by atoms with van der Waals surface area (Å²) in [7, 11) is 0. The van der Waals surface area contributed by atoms with Gasteiger partial charge in [-0.1, -0.05) is 52.8 Å². The number of hydrogen-bond acceptors (Lipinski definition) is 1. The summed E-state index contributed by atoms with van der Waals surface area (Å²) >= 11 is 0. The van der Waals surface area contributed by atoms with Gasteiger partial charge in [0.2, 0.25) is 0 Å². The van der Waals surface area contributed by atoms with Crippen molar-refractivity contribution >= 4 is 11.9 Å². The van der Waals surface area contributed by atoms with Crippen LogP contribution in [-0.4, -0.2) is 6.21 Å². The van der Waals surface area contributed by atoms with Gasteiger partial charge in [-0.05, 0) is 31.4 Å². The molecule has 0 bridgehead atoms. The molecule has 92 valence electrons. The third kappa shape index (κ3) is 11.0. The van der Waals surface area contributed by atoms with Gasteiger partial charge in [0.25, 0.3) is 0 Å². The molecular weight excluding hydrogens is 194 g/mol. The molecule has 0 fully saturated rings. The molecule has 0 aliphatic carbocycles. The Balaban J connectivity index is 0. The first-order valence-corrected chi connectivity index (χ1v) is 6.12. The molecule has 0 aliphatic rings. The summed E-state index contributed by atoms with van der Waals surface area (Å²) in [6, 6.07) is 8.08. The predicted octanol–water partition coefficient (Wildman–Crippen LogP) is 5.41. The summed E-state index contributed by atoms with van der Waals surface area (Å²) in [6.45, 7) is 14.5. The van der Waals surface area contributed by atoms with Gasteiger partial charge in [0.05, 0.1) is 5.69 Å². The molecule has 0 heterocycles. The quantitative estimate of drug-likeness (QED) is 0.563. The lowest BCUT2D eigenvalue weighted by atomic mass is 10.2. The van der Waals surface area contributed by atoms with Crippen LogP contribution in [-0.2, 0) is 0 Å². The maximum Gasteiger partial charge on any atom is 0.0654 e. The third-order valence-corrected chi connectivity index (χ3v) is 1.38. The van der Waals surface area contributed by atoms with E-state index in [0.717, 1.165) is 11.6 Å². The smallest absolute Gasteiger partial charge is 0.0654 e. The monoisotopic (exact) mass is 221 g/mol. The van der Waals surface area contributed by atoms with E-state index in [1.54, 1.807) is 0 Å². The summed E-state index contributed by atoms with van der Waals surface area (Å²) in [5, 5.41) is 0. The fourth-order valence-electron chi connectivity index (χ4n) is 0.847. The topological polar surface area (TPSA) is 12.4 Å². The van der Waals surface area contributed by atoms with Crippen molar-refractivity contribution in [3.8, 4) is 0 Å². The lowest BCUT2D eigenvalue weighted by Crippen LogP contribution is -1.71. The Morgan fingerprint density at radius 1 is 1.06 bits per heavy atom. The van der Waals surface area contributed by atoms with Gasteiger partial charge in [-0.15, -0.1) is 0 Å². The van der Waals surface area contributed by atoms with Crippen molar-refractivity contribution in [3.05, 3.63) is 29.8 Å². The molecule has 0 unspecified atom stereocenters. The van der Waals surface area contributed by atoms with Gasteiger partial charge in [0.15, 0.2) is 0 Å². The van der Waals surface area contributed by atoms with Gasteiger partial charge >= 0.3 is 0 Å². The van der Waals surface area contributed by atoms with Gasteiger partial charge in [-0.2, -0.15) is 0 Å². The maximum absolute atomic E-state index is 4.18. The summed E-state index contributed by atoms with van der Waals surface area (Å²) < 4.78 is 0. The number of benzene rings is 1. The van der Waals surface area contributed by atoms with Crippen LogP contribution in [0.5, 0.6) is 0 Å². The average molecular weight is 221 g/mol. The summed E-state index contributed by atoms with van der Waals surface area (Å²) in [5.74, 6) is 0.833. The fraction of sp³-hybridized carbons (Fsp3) is 0.533. The summed E-state index contributed by atoms with van der Waals surface area (Å²) in [5.41, 5.74) is 2.28. The van der Waals surface area contributed by atoms with Crippen molar-refractivity contribution in [1.82, 2.24) is 0 Å². The normalized spacial score (nSPS) is 9.25. The Bertz CT molecular complexity index is 272. The average Bonchev–Trinajstić information content (AvgIpc) is 2.24. The van der Waals surface area contributed by atoms with Crippen LogP contribution in [0.1, 0.15) is 47.1 Å². The molecule has 1 aromatic carbocycles. The second kappa shape index (κ2) is 12.0. The molecule has 0 aromatic heterocycles. The number of hydrogen-bond donors (Lipinski definition) is 0. The van der Waals surface area contributed by atoms with Crippen molar-refractivity contribution in [2.75, 3.05) is 0 Å². The minimum atomic E-state index is 0.833. The summed E-state index contributed by atoms with van der Waals surface area (Å²) in [6.07, 6.45) is 1.81. The van der Waals surface area contributed by atoms with Crippen molar-refractivity contribution in [2.24, 2.45) is 10.9 Å². The highest BCUT2D eigenvalue weighted by atomic mass is 14.7. The Labute approximate surface area is 102 Å². The lowest BCUT2D eigenvalue weighted by Gasteiger charge is -1.95. The summed E-state index contributed by atoms with van der Waals surface area (Å²) in [4.78, 5) is 4.18. The standard InChI is InChI=1S/C9H11N.C4H10.C2H6/c1-3-10-9-7-5-4-6-8(9)2;1-4(2)3;1-2/h3-7H,1-2H3;4H,1-3H3;1-2H3. The van der Waals surface area contributed by atoms with Gasteiger partial charge in [-0.25, -0.2) is 0 Å². The highest BCUT2D eigenvalue weighted by Crippen LogP contribution is 2.15. The minimum Gasteiger partial charge on any atom is -0.261 e. The van der Waals surface area contributed by atoms with Crippen LogP contribution in [0.4, 0.5) is 5.69 Å². The SMILES string of the molecule is CC.CC(C)C.CC=Nc1ccccc1C. The van der Waals surface area contributed by atoms with Gasteiger partial charge in [0.1, 0.15) is 0 Å². The highest BCUT2D eigenvalue weighted by molar-refractivity contribution is 5.62. The van der Waals surface area contributed by atoms with Crippen LogP contribution >= 0.6 is 0 Å². The first-order chi connectivity index (χ1) is 7.57. The van der Waals surface area contributed by atoms with E-state index < -0.39 is 0 Å². The number of aliphatic imine (C=N–C) groups is 1. The minimum absolute atomic E-state index is 0.833. The molecule has 0 N–H and O–H groups in total. The predicted molar refractivity (Wildman–Crippen MR) is 76.9 cm³/mol. The van der Waals surface area contributed by atoms with E-state index in [4.69, 9.17) is 0 Å². The fourth-order valence-corrected chi connectivity index (χ4v) is 0.847. The van der Waals surface area contributed by atoms with Crippen LogP contribution in [0.15, 0.2) is 29.3 Å². The molecule has 1 rings (SSSR count). The van der Waals surface area contributed by atoms with Crippen LogP contribution in [0.25, 0.3) is 0 Å². The van der Waals surface area contributed by atoms with Gasteiger partial charge in [-0.3, -0.25) is 4.99 Å².